The van der Waals surface area contributed by atoms with E-state index in [4.69, 9.17) is 5.11 Å². The van der Waals surface area contributed by atoms with Gasteiger partial charge in [-0.25, -0.2) is 4.79 Å². The van der Waals surface area contributed by atoms with E-state index >= 15 is 0 Å². The maximum Gasteiger partial charge on any atom is 0.352 e. The van der Waals surface area contributed by atoms with Gasteiger partial charge in [0.05, 0.1) is 6.04 Å². The molecule has 0 aromatic carbocycles. The number of amides is 1. The molecule has 1 amide bonds. The first-order chi connectivity index (χ1) is 10.1. The number of carboxylic acid groups (broad SMARTS) is 1. The van der Waals surface area contributed by atoms with Crippen molar-refractivity contribution >= 4 is 23.2 Å². The molecule has 2 N–H and O–H groups in total. The van der Waals surface area contributed by atoms with Gasteiger partial charge in [0.2, 0.25) is 5.91 Å². The van der Waals surface area contributed by atoms with Gasteiger partial charge >= 0.3 is 5.97 Å². The van der Waals surface area contributed by atoms with Gasteiger partial charge in [0.1, 0.15) is 12.2 Å². The number of hydrogen-bond acceptors (Lipinski definition) is 3. The summed E-state index contributed by atoms with van der Waals surface area (Å²) in [7, 11) is 0. The average molecular weight is 306 g/mol. The van der Waals surface area contributed by atoms with E-state index in [1.165, 1.54) is 10.6 Å². The minimum atomic E-state index is -1.03. The molecule has 2 aromatic heterocycles. The summed E-state index contributed by atoms with van der Waals surface area (Å²) in [5.74, 6) is -1.21. The first-order valence-corrected chi connectivity index (χ1v) is 7.71. The quantitative estimate of drug-likeness (QED) is 0.826. The Morgan fingerprint density at radius 1 is 1.38 bits per heavy atom. The Bertz CT molecular complexity index is 604. The largest absolute Gasteiger partial charge is 0.477 e. The van der Waals surface area contributed by atoms with Crippen molar-refractivity contribution in [3.63, 3.8) is 0 Å². The maximum atomic E-state index is 12.1. The maximum absolute atomic E-state index is 12.1. The van der Waals surface area contributed by atoms with Gasteiger partial charge in [-0.2, -0.15) is 0 Å². The van der Waals surface area contributed by atoms with Gasteiger partial charge in [0.25, 0.3) is 0 Å². The van der Waals surface area contributed by atoms with Gasteiger partial charge in [-0.15, -0.1) is 11.3 Å². The molecule has 0 saturated carbocycles. The van der Waals surface area contributed by atoms with E-state index < -0.39 is 5.97 Å². The highest BCUT2D eigenvalue weighted by Crippen LogP contribution is 2.23. The van der Waals surface area contributed by atoms with E-state index in [-0.39, 0.29) is 24.2 Å². The van der Waals surface area contributed by atoms with Crippen LogP contribution in [0.1, 0.15) is 41.2 Å². The van der Waals surface area contributed by atoms with Crippen molar-refractivity contribution in [2.24, 2.45) is 0 Å². The van der Waals surface area contributed by atoms with E-state index in [1.54, 1.807) is 23.6 Å². The van der Waals surface area contributed by atoms with Crippen LogP contribution < -0.4 is 5.32 Å². The molecule has 21 heavy (non-hydrogen) atoms. The number of carboxylic acids is 1. The number of nitrogens with zero attached hydrogens (tertiary/aromatic N) is 1. The van der Waals surface area contributed by atoms with Crippen molar-refractivity contribution in [3.8, 4) is 0 Å². The third-order valence-corrected chi connectivity index (χ3v) is 4.15. The second-order valence-corrected chi connectivity index (χ2v) is 5.73. The number of carbonyl (C=O) groups is 2. The third-order valence-electron chi connectivity index (χ3n) is 3.16. The molecule has 1 unspecified atom stereocenters. The van der Waals surface area contributed by atoms with Crippen LogP contribution in [0.25, 0.3) is 0 Å². The van der Waals surface area contributed by atoms with Crippen LogP contribution in [0.15, 0.2) is 35.8 Å². The van der Waals surface area contributed by atoms with Crippen LogP contribution in [0.3, 0.4) is 0 Å². The van der Waals surface area contributed by atoms with Crippen molar-refractivity contribution in [2.45, 2.75) is 32.4 Å². The van der Waals surface area contributed by atoms with Crippen LogP contribution in [0.2, 0.25) is 0 Å². The van der Waals surface area contributed by atoms with E-state index in [0.717, 1.165) is 17.7 Å². The Morgan fingerprint density at radius 2 is 2.19 bits per heavy atom. The summed E-state index contributed by atoms with van der Waals surface area (Å²) in [5.41, 5.74) is 0.119. The summed E-state index contributed by atoms with van der Waals surface area (Å²) < 4.78 is 1.44. The van der Waals surface area contributed by atoms with Crippen molar-refractivity contribution in [2.75, 3.05) is 0 Å². The number of nitrogens with one attached hydrogen (secondary N) is 1. The van der Waals surface area contributed by atoms with E-state index in [2.05, 4.69) is 12.2 Å². The fourth-order valence-corrected chi connectivity index (χ4v) is 3.02. The van der Waals surface area contributed by atoms with Crippen LogP contribution in [-0.4, -0.2) is 21.6 Å². The predicted octanol–water partition coefficient (Wildman–Crippen LogP) is 2.91. The highest BCUT2D eigenvalue weighted by molar-refractivity contribution is 7.10. The zero-order valence-electron chi connectivity index (χ0n) is 11.8. The van der Waals surface area contributed by atoms with Gasteiger partial charge in [0.15, 0.2) is 0 Å². The molecule has 0 radical (unpaired) electrons. The second-order valence-electron chi connectivity index (χ2n) is 4.75. The normalized spacial score (nSPS) is 12.0. The zero-order chi connectivity index (χ0) is 15.2. The summed E-state index contributed by atoms with van der Waals surface area (Å²) in [4.78, 5) is 24.3. The molecule has 5 nitrogen and oxygen atoms in total. The molecule has 0 aliphatic rings. The second kappa shape index (κ2) is 7.08. The molecule has 0 aliphatic carbocycles. The molecule has 0 fully saturated rings. The molecule has 0 bridgehead atoms. The Balaban J connectivity index is 2.02. The summed E-state index contributed by atoms with van der Waals surface area (Å²) in [6.07, 6.45) is 3.43. The lowest BCUT2D eigenvalue weighted by molar-refractivity contribution is -0.122. The third kappa shape index (κ3) is 3.95. The monoisotopic (exact) mass is 306 g/mol. The number of rotatable bonds is 7. The fraction of sp³-hybridized carbons (Fsp3) is 0.333. The van der Waals surface area contributed by atoms with Crippen molar-refractivity contribution in [3.05, 3.63) is 46.4 Å². The molecule has 2 rings (SSSR count). The standard InChI is InChI=1S/C15H18N2O3S/c1-2-5-11(13-7-4-9-21-13)16-14(18)10-17-8-3-6-12(17)15(19)20/h3-4,6-9,11H,2,5,10H2,1H3,(H,16,18)(H,19,20). The van der Waals surface area contributed by atoms with Gasteiger partial charge in [-0.1, -0.05) is 19.4 Å². The minimum Gasteiger partial charge on any atom is -0.477 e. The molecule has 6 heteroatoms. The fourth-order valence-electron chi connectivity index (χ4n) is 2.20. The number of thiophene rings is 1. The summed E-state index contributed by atoms with van der Waals surface area (Å²) >= 11 is 1.61. The topological polar surface area (TPSA) is 71.3 Å². The van der Waals surface area contributed by atoms with Gasteiger partial charge in [0, 0.05) is 11.1 Å². The lowest BCUT2D eigenvalue weighted by Crippen LogP contribution is -2.31. The van der Waals surface area contributed by atoms with Gasteiger partial charge < -0.3 is 15.0 Å². The van der Waals surface area contributed by atoms with Gasteiger partial charge in [-0.05, 0) is 30.0 Å². The van der Waals surface area contributed by atoms with Crippen LogP contribution in [0, 0.1) is 0 Å². The molecule has 2 heterocycles. The molecule has 0 spiro atoms. The molecule has 0 aliphatic heterocycles. The van der Waals surface area contributed by atoms with E-state index in [1.807, 2.05) is 17.5 Å². The molecular weight excluding hydrogens is 288 g/mol. The van der Waals surface area contributed by atoms with Gasteiger partial charge in [-0.3, -0.25) is 4.79 Å². The Labute approximate surface area is 127 Å². The number of carbonyl (C=O) groups excluding carboxylic acids is 1. The highest BCUT2D eigenvalue weighted by Gasteiger charge is 2.16. The predicted molar refractivity (Wildman–Crippen MR) is 81.5 cm³/mol. The molecule has 1 atom stereocenters. The van der Waals surface area contributed by atoms with Crippen molar-refractivity contribution in [1.29, 1.82) is 0 Å². The highest BCUT2D eigenvalue weighted by atomic mass is 32.1. The first kappa shape index (κ1) is 15.3. The first-order valence-electron chi connectivity index (χ1n) is 6.83. The lowest BCUT2D eigenvalue weighted by atomic mass is 10.1. The average Bonchev–Trinajstić information content (AvgIpc) is 3.08. The molecule has 0 saturated heterocycles. The molecule has 2 aromatic rings. The Morgan fingerprint density at radius 3 is 2.81 bits per heavy atom. The molecular formula is C15H18N2O3S. The number of hydrogen-bond donors (Lipinski definition) is 2. The van der Waals surface area contributed by atoms with Crippen LogP contribution in [0.5, 0.6) is 0 Å². The van der Waals surface area contributed by atoms with Crippen molar-refractivity contribution < 1.29 is 14.7 Å². The van der Waals surface area contributed by atoms with Crippen LogP contribution in [-0.2, 0) is 11.3 Å². The molecule has 112 valence electrons. The Hall–Kier alpha value is -2.08. The number of aromatic nitrogens is 1. The SMILES string of the molecule is CCCC(NC(=O)Cn1cccc1C(=O)O)c1cccs1. The number of aromatic carboxylic acids is 1. The smallest absolute Gasteiger partial charge is 0.352 e. The minimum absolute atomic E-state index is 0.00802. The zero-order valence-corrected chi connectivity index (χ0v) is 12.6. The van der Waals surface area contributed by atoms with Crippen LogP contribution in [0.4, 0.5) is 0 Å². The Kier molecular flexibility index (Phi) is 5.16. The summed E-state index contributed by atoms with van der Waals surface area (Å²) in [6, 6.07) is 7.07. The van der Waals surface area contributed by atoms with E-state index in [9.17, 15) is 9.59 Å². The lowest BCUT2D eigenvalue weighted by Gasteiger charge is -2.17. The van der Waals surface area contributed by atoms with Crippen LogP contribution >= 0.6 is 11.3 Å². The van der Waals surface area contributed by atoms with Crippen molar-refractivity contribution in [1.82, 2.24) is 9.88 Å². The summed E-state index contributed by atoms with van der Waals surface area (Å²) in [6.45, 7) is 2.08. The van der Waals surface area contributed by atoms with E-state index in [0.29, 0.717) is 0 Å². The summed E-state index contributed by atoms with van der Waals surface area (Å²) in [5, 5.41) is 14.0.